The highest BCUT2D eigenvalue weighted by molar-refractivity contribution is 7.89. The molecule has 0 aliphatic carbocycles. The van der Waals surface area contributed by atoms with Crippen LogP contribution in [0.1, 0.15) is 18.4 Å². The van der Waals surface area contributed by atoms with E-state index in [1.54, 1.807) is 29.2 Å². The molecule has 0 radical (unpaired) electrons. The van der Waals surface area contributed by atoms with Crippen LogP contribution in [0.4, 0.5) is 16.2 Å². The molecule has 2 aromatic carbocycles. The van der Waals surface area contributed by atoms with Crippen LogP contribution in [0.2, 0.25) is 0 Å². The third-order valence-electron chi connectivity index (χ3n) is 4.47. The number of nitrogens with zero attached hydrogens (tertiary/aromatic N) is 1. The fourth-order valence-corrected chi connectivity index (χ4v) is 3.57. The fourth-order valence-electron chi connectivity index (χ4n) is 3.05. The number of nitrogens with two attached hydrogens (primary N) is 1. The van der Waals surface area contributed by atoms with Crippen molar-refractivity contribution in [1.82, 2.24) is 5.32 Å². The van der Waals surface area contributed by atoms with Gasteiger partial charge in [-0.2, -0.15) is 0 Å². The number of primary sulfonamides is 1. The molecular weight excluding hydrogens is 380 g/mol. The number of hydrogen-bond acceptors (Lipinski definition) is 4. The second-order valence-corrected chi connectivity index (χ2v) is 8.05. The van der Waals surface area contributed by atoms with Gasteiger partial charge in [-0.25, -0.2) is 18.4 Å². The number of carbonyl (C=O) groups excluding carboxylic acids is 2. The quantitative estimate of drug-likeness (QED) is 0.682. The smallest absolute Gasteiger partial charge is 0.319 e. The van der Waals surface area contributed by atoms with E-state index in [2.05, 4.69) is 10.6 Å². The monoisotopic (exact) mass is 402 g/mol. The molecule has 3 amide bonds. The Kier molecular flexibility index (Phi) is 5.96. The van der Waals surface area contributed by atoms with Crippen LogP contribution < -0.4 is 20.7 Å². The summed E-state index contributed by atoms with van der Waals surface area (Å²) < 4.78 is 22.5. The number of anilines is 2. The summed E-state index contributed by atoms with van der Waals surface area (Å²) in [5, 5.41) is 10.6. The molecule has 0 aromatic heterocycles. The van der Waals surface area contributed by atoms with Gasteiger partial charge >= 0.3 is 6.03 Å². The van der Waals surface area contributed by atoms with Crippen LogP contribution in [0.3, 0.4) is 0 Å². The zero-order chi connectivity index (χ0) is 20.1. The van der Waals surface area contributed by atoms with Gasteiger partial charge in [-0.1, -0.05) is 24.3 Å². The van der Waals surface area contributed by atoms with Gasteiger partial charge in [0.25, 0.3) is 0 Å². The summed E-state index contributed by atoms with van der Waals surface area (Å²) in [6.07, 6.45) is 1.86. The maximum Gasteiger partial charge on any atom is 0.319 e. The number of urea groups is 1. The normalized spacial score (nSPS) is 14.2. The SMILES string of the molecule is NS(=O)(=O)c1ccc(CCNC(=O)Nc2ccccc2N2CCCC2=O)cc1. The first-order chi connectivity index (χ1) is 13.3. The molecule has 1 saturated heterocycles. The summed E-state index contributed by atoms with van der Waals surface area (Å²) in [6.45, 7) is 1.01. The Hall–Kier alpha value is -2.91. The maximum atomic E-state index is 12.2. The van der Waals surface area contributed by atoms with E-state index in [9.17, 15) is 18.0 Å². The van der Waals surface area contributed by atoms with Gasteiger partial charge in [-0.05, 0) is 42.7 Å². The zero-order valence-corrected chi connectivity index (χ0v) is 16.0. The summed E-state index contributed by atoms with van der Waals surface area (Å²) >= 11 is 0. The molecule has 28 heavy (non-hydrogen) atoms. The summed E-state index contributed by atoms with van der Waals surface area (Å²) in [6, 6.07) is 13.0. The minimum Gasteiger partial charge on any atom is -0.338 e. The van der Waals surface area contributed by atoms with Gasteiger partial charge in [-0.15, -0.1) is 0 Å². The number of rotatable bonds is 6. The molecule has 2 aromatic rings. The van der Waals surface area contributed by atoms with E-state index in [0.717, 1.165) is 12.0 Å². The third kappa shape index (κ3) is 4.87. The Balaban J connectivity index is 1.55. The molecule has 9 heteroatoms. The molecule has 8 nitrogen and oxygen atoms in total. The van der Waals surface area contributed by atoms with Crippen molar-refractivity contribution in [1.29, 1.82) is 0 Å². The molecule has 4 N–H and O–H groups in total. The van der Waals surface area contributed by atoms with Crippen LogP contribution >= 0.6 is 0 Å². The van der Waals surface area contributed by atoms with E-state index < -0.39 is 10.0 Å². The molecule has 0 saturated carbocycles. The number of nitrogens with one attached hydrogen (secondary N) is 2. The van der Waals surface area contributed by atoms with Gasteiger partial charge < -0.3 is 15.5 Å². The number of amides is 3. The van der Waals surface area contributed by atoms with Gasteiger partial charge in [-0.3, -0.25) is 4.79 Å². The number of para-hydroxylation sites is 2. The van der Waals surface area contributed by atoms with Crippen LogP contribution in [0, 0.1) is 0 Å². The summed E-state index contributed by atoms with van der Waals surface area (Å²) in [7, 11) is -3.71. The first-order valence-electron chi connectivity index (χ1n) is 8.90. The van der Waals surface area contributed by atoms with Gasteiger partial charge in [0.15, 0.2) is 0 Å². The highest BCUT2D eigenvalue weighted by Gasteiger charge is 2.24. The lowest BCUT2D eigenvalue weighted by atomic mass is 10.1. The van der Waals surface area contributed by atoms with Crippen LogP contribution in [0.25, 0.3) is 0 Å². The average molecular weight is 402 g/mol. The third-order valence-corrected chi connectivity index (χ3v) is 5.40. The van der Waals surface area contributed by atoms with Crippen molar-refractivity contribution in [2.45, 2.75) is 24.2 Å². The summed E-state index contributed by atoms with van der Waals surface area (Å²) in [5.41, 5.74) is 2.14. The average Bonchev–Trinajstić information content (AvgIpc) is 3.08. The second-order valence-electron chi connectivity index (χ2n) is 6.49. The summed E-state index contributed by atoms with van der Waals surface area (Å²) in [4.78, 5) is 25.9. The predicted octanol–water partition coefficient (Wildman–Crippen LogP) is 1.82. The molecule has 1 fully saturated rings. The number of benzene rings is 2. The molecule has 148 valence electrons. The van der Waals surface area contributed by atoms with E-state index in [1.165, 1.54) is 12.1 Å². The summed E-state index contributed by atoms with van der Waals surface area (Å²) in [5.74, 6) is 0.0533. The molecule has 3 rings (SSSR count). The Morgan fingerprint density at radius 1 is 1.11 bits per heavy atom. The second kappa shape index (κ2) is 8.41. The Morgan fingerprint density at radius 3 is 2.46 bits per heavy atom. The first-order valence-corrected chi connectivity index (χ1v) is 10.5. The Morgan fingerprint density at radius 2 is 1.82 bits per heavy atom. The fraction of sp³-hybridized carbons (Fsp3) is 0.263. The lowest BCUT2D eigenvalue weighted by molar-refractivity contribution is -0.117. The van der Waals surface area contributed by atoms with Gasteiger partial charge in [0.2, 0.25) is 15.9 Å². The van der Waals surface area contributed by atoms with Crippen LogP contribution in [0.5, 0.6) is 0 Å². The lowest BCUT2D eigenvalue weighted by Gasteiger charge is -2.20. The van der Waals surface area contributed by atoms with Crippen LogP contribution in [-0.2, 0) is 21.2 Å². The molecule has 1 aliphatic heterocycles. The van der Waals surface area contributed by atoms with E-state index >= 15 is 0 Å². The largest absolute Gasteiger partial charge is 0.338 e. The van der Waals surface area contributed by atoms with Crippen LogP contribution in [0.15, 0.2) is 53.4 Å². The topological polar surface area (TPSA) is 122 Å². The molecular formula is C19H22N4O4S. The van der Waals surface area contributed by atoms with E-state index in [0.29, 0.717) is 37.3 Å². The first kappa shape index (κ1) is 19.8. The molecule has 1 aliphatic rings. The lowest BCUT2D eigenvalue weighted by Crippen LogP contribution is -2.32. The van der Waals surface area contributed by atoms with Crippen molar-refractivity contribution < 1.29 is 18.0 Å². The predicted molar refractivity (Wildman–Crippen MR) is 107 cm³/mol. The molecule has 0 spiro atoms. The van der Waals surface area contributed by atoms with Gasteiger partial charge in [0, 0.05) is 19.5 Å². The van der Waals surface area contributed by atoms with E-state index in [-0.39, 0.29) is 16.8 Å². The van der Waals surface area contributed by atoms with Crippen LogP contribution in [-0.4, -0.2) is 33.4 Å². The number of sulfonamides is 1. The van der Waals surface area contributed by atoms with Crippen molar-refractivity contribution >= 4 is 33.3 Å². The Labute approximate surface area is 163 Å². The highest BCUT2D eigenvalue weighted by Crippen LogP contribution is 2.29. The van der Waals surface area contributed by atoms with Crippen molar-refractivity contribution in [2.24, 2.45) is 5.14 Å². The maximum absolute atomic E-state index is 12.2. The van der Waals surface area contributed by atoms with Gasteiger partial charge in [0.1, 0.15) is 0 Å². The standard InChI is InChI=1S/C19H22N4O4S/c20-28(26,27)15-9-7-14(8-10-15)11-12-21-19(25)22-16-4-1-2-5-17(16)23-13-3-6-18(23)24/h1-2,4-5,7-10H,3,6,11-13H2,(H2,20,26,27)(H2,21,22,25). The minimum atomic E-state index is -3.71. The highest BCUT2D eigenvalue weighted by atomic mass is 32.2. The van der Waals surface area contributed by atoms with E-state index in [4.69, 9.17) is 5.14 Å². The minimum absolute atomic E-state index is 0.0509. The van der Waals surface area contributed by atoms with Gasteiger partial charge in [0.05, 0.1) is 16.3 Å². The zero-order valence-electron chi connectivity index (χ0n) is 15.2. The van der Waals surface area contributed by atoms with Crippen molar-refractivity contribution in [3.05, 3.63) is 54.1 Å². The van der Waals surface area contributed by atoms with Crippen molar-refractivity contribution in [3.63, 3.8) is 0 Å². The molecule has 0 unspecified atom stereocenters. The molecule has 1 heterocycles. The van der Waals surface area contributed by atoms with Crippen molar-refractivity contribution in [2.75, 3.05) is 23.3 Å². The number of carbonyl (C=O) groups is 2. The molecule has 0 bridgehead atoms. The van der Waals surface area contributed by atoms with Crippen molar-refractivity contribution in [3.8, 4) is 0 Å². The number of hydrogen-bond donors (Lipinski definition) is 3. The Bertz CT molecular complexity index is 974. The van der Waals surface area contributed by atoms with E-state index in [1.807, 2.05) is 12.1 Å². The molecule has 0 atom stereocenters.